The Kier molecular flexibility index (Phi) is 5.59. The molecule has 0 bridgehead atoms. The normalized spacial score (nSPS) is 22.4. The molecule has 1 aliphatic rings. The summed E-state index contributed by atoms with van der Waals surface area (Å²) in [5.41, 5.74) is -0.542. The third kappa shape index (κ3) is 4.92. The fourth-order valence-corrected chi connectivity index (χ4v) is 2.43. The number of carbonyl (C=O) groups is 2. The fourth-order valence-electron chi connectivity index (χ4n) is 2.43. The molecule has 1 rings (SSSR count). The van der Waals surface area contributed by atoms with Crippen molar-refractivity contribution in [2.24, 2.45) is 5.92 Å². The summed E-state index contributed by atoms with van der Waals surface area (Å²) in [5.74, 6) is 0.112. The molecule has 0 aromatic rings. The van der Waals surface area contributed by atoms with Crippen molar-refractivity contribution < 1.29 is 14.3 Å². The molecule has 1 heterocycles. The van der Waals surface area contributed by atoms with Crippen molar-refractivity contribution in [1.29, 1.82) is 5.26 Å². The van der Waals surface area contributed by atoms with Crippen LogP contribution in [0.1, 0.15) is 40.5 Å². The number of nitrogens with zero attached hydrogens (tertiary/aromatic N) is 3. The van der Waals surface area contributed by atoms with Crippen molar-refractivity contribution >= 4 is 12.0 Å². The number of likely N-dealkylation sites (tertiary alicyclic amines) is 1. The van der Waals surface area contributed by atoms with Crippen LogP contribution in [0.25, 0.3) is 0 Å². The quantitative estimate of drug-likeness (QED) is 0.781. The molecule has 21 heavy (non-hydrogen) atoms. The van der Waals surface area contributed by atoms with E-state index in [2.05, 4.69) is 6.92 Å². The first-order valence-electron chi connectivity index (χ1n) is 7.26. The summed E-state index contributed by atoms with van der Waals surface area (Å²) in [6.07, 6.45) is 0.320. The van der Waals surface area contributed by atoms with Gasteiger partial charge in [-0.05, 0) is 33.1 Å². The Bertz CT molecular complexity index is 436. The lowest BCUT2D eigenvalue weighted by Gasteiger charge is -2.41. The lowest BCUT2D eigenvalue weighted by Crippen LogP contribution is -2.54. The molecule has 0 radical (unpaired) electrons. The van der Waals surface area contributed by atoms with Gasteiger partial charge in [-0.3, -0.25) is 4.79 Å². The Morgan fingerprint density at radius 1 is 1.43 bits per heavy atom. The Labute approximate surface area is 126 Å². The van der Waals surface area contributed by atoms with Gasteiger partial charge in [0.25, 0.3) is 0 Å². The Morgan fingerprint density at radius 3 is 2.57 bits per heavy atom. The van der Waals surface area contributed by atoms with Gasteiger partial charge in [-0.15, -0.1) is 0 Å². The maximum Gasteiger partial charge on any atom is 0.410 e. The summed E-state index contributed by atoms with van der Waals surface area (Å²) in [6, 6.07) is 1.79. The van der Waals surface area contributed by atoms with Crippen LogP contribution in [0.2, 0.25) is 0 Å². The third-order valence-corrected chi connectivity index (χ3v) is 3.68. The van der Waals surface area contributed by atoms with Crippen LogP contribution in [0.4, 0.5) is 4.79 Å². The van der Waals surface area contributed by atoms with Crippen LogP contribution in [-0.4, -0.2) is 53.6 Å². The molecule has 0 saturated carbocycles. The maximum absolute atomic E-state index is 12.2. The number of ether oxygens (including phenoxy) is 1. The van der Waals surface area contributed by atoms with E-state index >= 15 is 0 Å². The van der Waals surface area contributed by atoms with Gasteiger partial charge in [0.15, 0.2) is 0 Å². The highest BCUT2D eigenvalue weighted by Gasteiger charge is 2.34. The van der Waals surface area contributed by atoms with E-state index < -0.39 is 5.60 Å². The topological polar surface area (TPSA) is 73.6 Å². The minimum atomic E-state index is -0.542. The highest BCUT2D eigenvalue weighted by Crippen LogP contribution is 2.23. The summed E-state index contributed by atoms with van der Waals surface area (Å²) in [4.78, 5) is 27.2. The fraction of sp³-hybridized carbons (Fsp3) is 0.800. The SMILES string of the molecule is C[C@@H]1CCN(C(=O)CC#N)C[C@@H]1N(C)C(=O)OC(C)(C)C. The monoisotopic (exact) mass is 295 g/mol. The molecule has 0 spiro atoms. The van der Waals surface area contributed by atoms with Gasteiger partial charge in [0.05, 0.1) is 12.1 Å². The minimum Gasteiger partial charge on any atom is -0.444 e. The minimum absolute atomic E-state index is 0.0868. The standard InChI is InChI=1S/C15H25N3O3/c1-11-7-9-18(13(19)6-8-16)10-12(11)17(5)14(20)21-15(2,3)4/h11-12H,6-7,9-10H2,1-5H3/t11-,12+/m1/s1. The molecule has 1 fully saturated rings. The Hall–Kier alpha value is -1.77. The molecule has 118 valence electrons. The van der Waals surface area contributed by atoms with Crippen LogP contribution in [0.15, 0.2) is 0 Å². The molecule has 6 heteroatoms. The zero-order valence-corrected chi connectivity index (χ0v) is 13.5. The Morgan fingerprint density at radius 2 is 2.05 bits per heavy atom. The van der Waals surface area contributed by atoms with Gasteiger partial charge in [0.1, 0.15) is 12.0 Å². The van der Waals surface area contributed by atoms with E-state index in [0.29, 0.717) is 13.1 Å². The summed E-state index contributed by atoms with van der Waals surface area (Å²) in [7, 11) is 1.70. The first kappa shape index (κ1) is 17.3. The van der Waals surface area contributed by atoms with E-state index in [4.69, 9.17) is 10.00 Å². The number of rotatable bonds is 2. The number of hydrogen-bond donors (Lipinski definition) is 0. The summed E-state index contributed by atoms with van der Waals surface area (Å²) >= 11 is 0. The molecule has 2 amide bonds. The molecule has 1 aliphatic heterocycles. The predicted octanol–water partition coefficient (Wildman–Crippen LogP) is 2.00. The highest BCUT2D eigenvalue weighted by atomic mass is 16.6. The van der Waals surface area contributed by atoms with Gasteiger partial charge in [-0.2, -0.15) is 5.26 Å². The van der Waals surface area contributed by atoms with E-state index in [0.717, 1.165) is 6.42 Å². The van der Waals surface area contributed by atoms with E-state index in [9.17, 15) is 9.59 Å². The van der Waals surface area contributed by atoms with Gasteiger partial charge in [-0.25, -0.2) is 4.79 Å². The van der Waals surface area contributed by atoms with Crippen LogP contribution in [0.3, 0.4) is 0 Å². The second-order valence-corrected chi connectivity index (χ2v) is 6.60. The molecule has 0 unspecified atom stereocenters. The third-order valence-electron chi connectivity index (χ3n) is 3.68. The second kappa shape index (κ2) is 6.79. The number of piperidine rings is 1. The van der Waals surface area contributed by atoms with E-state index in [-0.39, 0.29) is 30.4 Å². The molecule has 1 saturated heterocycles. The molecular weight excluding hydrogens is 270 g/mol. The smallest absolute Gasteiger partial charge is 0.410 e. The summed E-state index contributed by atoms with van der Waals surface area (Å²) in [6.45, 7) is 8.64. The molecule has 0 aromatic carbocycles. The van der Waals surface area contributed by atoms with Crippen LogP contribution in [0.5, 0.6) is 0 Å². The summed E-state index contributed by atoms with van der Waals surface area (Å²) in [5, 5.41) is 8.63. The number of nitriles is 1. The zero-order chi connectivity index (χ0) is 16.2. The van der Waals surface area contributed by atoms with E-state index in [1.807, 2.05) is 26.8 Å². The van der Waals surface area contributed by atoms with E-state index in [1.54, 1.807) is 16.8 Å². The van der Waals surface area contributed by atoms with Gasteiger partial charge in [0, 0.05) is 20.1 Å². The largest absolute Gasteiger partial charge is 0.444 e. The van der Waals surface area contributed by atoms with Crippen LogP contribution in [0, 0.1) is 17.2 Å². The second-order valence-electron chi connectivity index (χ2n) is 6.60. The molecule has 6 nitrogen and oxygen atoms in total. The molecule has 2 atom stereocenters. The van der Waals surface area contributed by atoms with E-state index in [1.165, 1.54) is 0 Å². The van der Waals surface area contributed by atoms with Crippen LogP contribution in [-0.2, 0) is 9.53 Å². The average molecular weight is 295 g/mol. The van der Waals surface area contributed by atoms with Gasteiger partial charge < -0.3 is 14.5 Å². The first-order chi connectivity index (χ1) is 9.65. The first-order valence-corrected chi connectivity index (χ1v) is 7.26. The van der Waals surface area contributed by atoms with Crippen LogP contribution >= 0.6 is 0 Å². The Balaban J connectivity index is 2.72. The van der Waals surface area contributed by atoms with Gasteiger partial charge in [0.2, 0.25) is 5.91 Å². The maximum atomic E-state index is 12.2. The predicted molar refractivity (Wildman–Crippen MR) is 78.4 cm³/mol. The van der Waals surface area contributed by atoms with Crippen molar-refractivity contribution in [3.05, 3.63) is 0 Å². The summed E-state index contributed by atoms with van der Waals surface area (Å²) < 4.78 is 5.38. The number of likely N-dealkylation sites (N-methyl/N-ethyl adjacent to an activating group) is 1. The van der Waals surface area contributed by atoms with Crippen LogP contribution < -0.4 is 0 Å². The number of carbonyl (C=O) groups excluding carboxylic acids is 2. The molecule has 0 aromatic heterocycles. The van der Waals surface area contributed by atoms with Crippen molar-refractivity contribution in [3.63, 3.8) is 0 Å². The molecule has 0 aliphatic carbocycles. The van der Waals surface area contributed by atoms with Gasteiger partial charge >= 0.3 is 6.09 Å². The zero-order valence-electron chi connectivity index (χ0n) is 13.5. The van der Waals surface area contributed by atoms with Crippen molar-refractivity contribution in [2.75, 3.05) is 20.1 Å². The lowest BCUT2D eigenvalue weighted by molar-refractivity contribution is -0.133. The van der Waals surface area contributed by atoms with Crippen molar-refractivity contribution in [2.45, 2.75) is 52.2 Å². The van der Waals surface area contributed by atoms with Crippen molar-refractivity contribution in [3.8, 4) is 6.07 Å². The molecule has 0 N–H and O–H groups in total. The number of hydrogen-bond acceptors (Lipinski definition) is 4. The lowest BCUT2D eigenvalue weighted by atomic mass is 9.92. The van der Waals surface area contributed by atoms with Crippen molar-refractivity contribution in [1.82, 2.24) is 9.80 Å². The highest BCUT2D eigenvalue weighted by molar-refractivity contribution is 5.78. The van der Waals surface area contributed by atoms with Gasteiger partial charge in [-0.1, -0.05) is 6.92 Å². The average Bonchev–Trinajstić information content (AvgIpc) is 2.36. The number of amides is 2. The molecular formula is C15H25N3O3.